The van der Waals surface area contributed by atoms with Crippen molar-refractivity contribution in [3.63, 3.8) is 0 Å². The third-order valence-electron chi connectivity index (χ3n) is 2.22. The van der Waals surface area contributed by atoms with Crippen molar-refractivity contribution in [2.75, 3.05) is 0 Å². The molecule has 0 aromatic carbocycles. The van der Waals surface area contributed by atoms with E-state index < -0.39 is 17.2 Å². The zero-order valence-corrected chi connectivity index (χ0v) is 10.9. The molecule has 2 heterocycles. The molecule has 0 atom stereocenters. The molecule has 0 aliphatic heterocycles. The van der Waals surface area contributed by atoms with Crippen LogP contribution in [0.3, 0.4) is 0 Å². The van der Waals surface area contributed by atoms with Gasteiger partial charge in [0.15, 0.2) is 11.5 Å². The lowest BCUT2D eigenvalue weighted by atomic mass is 10.3. The highest BCUT2D eigenvalue weighted by Gasteiger charge is 2.12. The topological polar surface area (TPSA) is 136 Å². The standard InChI is InChI=1S/C9H8BrN5O4/c10-5-3-15(9(18)12-7(5)16)2-4-1-6(14-19-4)8(17)13-11/h1,3H,2,11H2,(H,13,17)(H,12,16,18). The molecule has 2 rings (SSSR count). The molecule has 0 spiro atoms. The van der Waals surface area contributed by atoms with Crippen molar-refractivity contribution in [2.45, 2.75) is 6.54 Å². The van der Waals surface area contributed by atoms with E-state index in [9.17, 15) is 14.4 Å². The van der Waals surface area contributed by atoms with Crippen molar-refractivity contribution in [1.82, 2.24) is 20.1 Å². The minimum absolute atomic E-state index is 0.00552. The monoisotopic (exact) mass is 329 g/mol. The summed E-state index contributed by atoms with van der Waals surface area (Å²) in [6, 6.07) is 1.34. The molecule has 0 bridgehead atoms. The number of hydrogen-bond donors (Lipinski definition) is 3. The van der Waals surface area contributed by atoms with E-state index in [0.29, 0.717) is 0 Å². The van der Waals surface area contributed by atoms with Gasteiger partial charge in [-0.05, 0) is 15.9 Å². The molecular formula is C9H8BrN5O4. The quantitative estimate of drug-likeness (QED) is 0.373. The largest absolute Gasteiger partial charge is 0.359 e. The number of H-pyrrole nitrogens is 1. The molecule has 0 saturated heterocycles. The number of nitrogens with zero attached hydrogens (tertiary/aromatic N) is 2. The summed E-state index contributed by atoms with van der Waals surface area (Å²) in [4.78, 5) is 36.0. The van der Waals surface area contributed by atoms with Crippen molar-refractivity contribution in [3.8, 4) is 0 Å². The number of rotatable bonds is 3. The lowest BCUT2D eigenvalue weighted by Gasteiger charge is -2.01. The minimum atomic E-state index is -0.606. The third-order valence-corrected chi connectivity index (χ3v) is 2.78. The van der Waals surface area contributed by atoms with Crippen molar-refractivity contribution in [2.24, 2.45) is 5.84 Å². The van der Waals surface area contributed by atoms with E-state index in [1.165, 1.54) is 16.8 Å². The number of nitrogens with two attached hydrogens (primary N) is 1. The third kappa shape index (κ3) is 2.80. The molecule has 19 heavy (non-hydrogen) atoms. The van der Waals surface area contributed by atoms with Crippen LogP contribution in [0.25, 0.3) is 0 Å². The molecule has 0 unspecified atom stereocenters. The predicted octanol–water partition coefficient (Wildman–Crippen LogP) is -1.06. The number of nitrogen functional groups attached to an aromatic ring is 1. The summed E-state index contributed by atoms with van der Waals surface area (Å²) >= 11 is 3.00. The summed E-state index contributed by atoms with van der Waals surface area (Å²) in [5.41, 5.74) is 0.768. The fourth-order valence-corrected chi connectivity index (χ4v) is 1.68. The number of aromatic nitrogens is 3. The van der Waals surface area contributed by atoms with Crippen molar-refractivity contribution < 1.29 is 9.32 Å². The molecule has 2 aromatic rings. The Hall–Kier alpha value is -2.20. The molecule has 4 N–H and O–H groups in total. The summed E-state index contributed by atoms with van der Waals surface area (Å²) in [6.07, 6.45) is 1.31. The fraction of sp³-hybridized carbons (Fsp3) is 0.111. The molecule has 0 radical (unpaired) electrons. The Morgan fingerprint density at radius 3 is 3.00 bits per heavy atom. The van der Waals surface area contributed by atoms with Crippen molar-refractivity contribution in [3.05, 3.63) is 49.0 Å². The van der Waals surface area contributed by atoms with Crippen LogP contribution < -0.4 is 22.5 Å². The number of carbonyl (C=O) groups is 1. The average Bonchev–Trinajstić information content (AvgIpc) is 2.83. The highest BCUT2D eigenvalue weighted by molar-refractivity contribution is 9.10. The zero-order chi connectivity index (χ0) is 14.0. The molecule has 0 aliphatic carbocycles. The van der Waals surface area contributed by atoms with E-state index in [2.05, 4.69) is 26.1 Å². The molecule has 1 amide bonds. The van der Waals surface area contributed by atoms with Gasteiger partial charge in [-0.2, -0.15) is 0 Å². The molecule has 0 aliphatic rings. The van der Waals surface area contributed by atoms with Gasteiger partial charge in [0.2, 0.25) is 0 Å². The van der Waals surface area contributed by atoms with Gasteiger partial charge in [0.1, 0.15) is 0 Å². The van der Waals surface area contributed by atoms with Gasteiger partial charge in [0.25, 0.3) is 11.5 Å². The number of nitrogens with one attached hydrogen (secondary N) is 2. The Morgan fingerprint density at radius 1 is 1.58 bits per heavy atom. The van der Waals surface area contributed by atoms with Crippen LogP contribution in [0.15, 0.2) is 30.8 Å². The van der Waals surface area contributed by atoms with E-state index in [4.69, 9.17) is 10.4 Å². The number of carbonyl (C=O) groups excluding carboxylic acids is 1. The molecule has 9 nitrogen and oxygen atoms in total. The van der Waals surface area contributed by atoms with E-state index in [1.54, 1.807) is 0 Å². The summed E-state index contributed by atoms with van der Waals surface area (Å²) in [5, 5.41) is 3.49. The van der Waals surface area contributed by atoms with Gasteiger partial charge in [0, 0.05) is 12.3 Å². The number of amides is 1. The van der Waals surface area contributed by atoms with Crippen LogP contribution in [-0.4, -0.2) is 20.6 Å². The Bertz CT molecular complexity index is 731. The summed E-state index contributed by atoms with van der Waals surface area (Å²) in [7, 11) is 0. The van der Waals surface area contributed by atoms with E-state index >= 15 is 0 Å². The second kappa shape index (κ2) is 5.20. The number of aromatic amines is 1. The smallest absolute Gasteiger partial charge is 0.328 e. The van der Waals surface area contributed by atoms with Crippen LogP contribution >= 0.6 is 15.9 Å². The summed E-state index contributed by atoms with van der Waals surface area (Å²) < 4.78 is 6.27. The maximum Gasteiger partial charge on any atom is 0.328 e. The molecular weight excluding hydrogens is 322 g/mol. The Morgan fingerprint density at radius 2 is 2.32 bits per heavy atom. The Labute approximate surface area is 113 Å². The van der Waals surface area contributed by atoms with Crippen LogP contribution in [0.4, 0.5) is 0 Å². The Kier molecular flexibility index (Phi) is 3.62. The maximum absolute atomic E-state index is 11.5. The normalized spacial score (nSPS) is 10.4. The first kappa shape index (κ1) is 13.2. The van der Waals surface area contributed by atoms with Gasteiger partial charge in [-0.3, -0.25) is 24.6 Å². The van der Waals surface area contributed by atoms with Gasteiger partial charge in [-0.1, -0.05) is 5.16 Å². The highest BCUT2D eigenvalue weighted by Crippen LogP contribution is 2.06. The van der Waals surface area contributed by atoms with Gasteiger partial charge in [-0.15, -0.1) is 0 Å². The first-order valence-corrected chi connectivity index (χ1v) is 5.76. The van der Waals surface area contributed by atoms with Crippen LogP contribution in [0.1, 0.15) is 16.2 Å². The molecule has 10 heteroatoms. The van der Waals surface area contributed by atoms with Gasteiger partial charge in [0.05, 0.1) is 11.0 Å². The first-order valence-electron chi connectivity index (χ1n) is 4.97. The number of hydrazine groups is 1. The van der Waals surface area contributed by atoms with Crippen LogP contribution in [-0.2, 0) is 6.54 Å². The fourth-order valence-electron chi connectivity index (χ4n) is 1.34. The average molecular weight is 330 g/mol. The summed E-state index contributed by atoms with van der Waals surface area (Å²) in [6.45, 7) is 0.0130. The van der Waals surface area contributed by atoms with E-state index in [0.717, 1.165) is 0 Å². The van der Waals surface area contributed by atoms with Gasteiger partial charge >= 0.3 is 5.69 Å². The maximum atomic E-state index is 11.5. The second-order valence-electron chi connectivity index (χ2n) is 3.52. The molecule has 0 fully saturated rings. The molecule has 100 valence electrons. The first-order chi connectivity index (χ1) is 9.01. The van der Waals surface area contributed by atoms with E-state index in [1.807, 2.05) is 5.43 Å². The lowest BCUT2D eigenvalue weighted by Crippen LogP contribution is -2.30. The second-order valence-corrected chi connectivity index (χ2v) is 4.37. The Balaban J connectivity index is 2.29. The predicted molar refractivity (Wildman–Crippen MR) is 66.3 cm³/mol. The van der Waals surface area contributed by atoms with Crippen molar-refractivity contribution >= 4 is 21.8 Å². The van der Waals surface area contributed by atoms with Crippen LogP contribution in [0.2, 0.25) is 0 Å². The lowest BCUT2D eigenvalue weighted by molar-refractivity contribution is 0.0944. The van der Waals surface area contributed by atoms with Crippen molar-refractivity contribution in [1.29, 1.82) is 0 Å². The van der Waals surface area contributed by atoms with Gasteiger partial charge in [-0.25, -0.2) is 10.6 Å². The van der Waals surface area contributed by atoms with Gasteiger partial charge < -0.3 is 4.52 Å². The minimum Gasteiger partial charge on any atom is -0.359 e. The summed E-state index contributed by atoms with van der Waals surface area (Å²) in [5.74, 6) is 4.60. The zero-order valence-electron chi connectivity index (χ0n) is 9.34. The molecule has 2 aromatic heterocycles. The van der Waals surface area contributed by atoms with Crippen LogP contribution in [0, 0.1) is 0 Å². The number of halogens is 1. The van der Waals surface area contributed by atoms with E-state index in [-0.39, 0.29) is 22.5 Å². The number of hydrogen-bond acceptors (Lipinski definition) is 6. The molecule has 0 saturated carbocycles. The highest BCUT2D eigenvalue weighted by atomic mass is 79.9. The van der Waals surface area contributed by atoms with Crippen LogP contribution in [0.5, 0.6) is 0 Å². The SMILES string of the molecule is NNC(=O)c1cc(Cn2cc(Br)c(=O)[nH]c2=O)on1.